The van der Waals surface area contributed by atoms with Crippen molar-refractivity contribution in [3.8, 4) is 0 Å². The number of sulfonamides is 1. The van der Waals surface area contributed by atoms with Crippen LogP contribution in [0.25, 0.3) is 5.57 Å². The van der Waals surface area contributed by atoms with Gasteiger partial charge in [-0.1, -0.05) is 54.6 Å². The quantitative estimate of drug-likeness (QED) is 0.941. The van der Waals surface area contributed by atoms with Gasteiger partial charge in [-0.3, -0.25) is 0 Å². The van der Waals surface area contributed by atoms with E-state index in [1.54, 1.807) is 30.3 Å². The molecule has 0 aliphatic carbocycles. The predicted molar refractivity (Wildman–Crippen MR) is 90.2 cm³/mol. The van der Waals surface area contributed by atoms with Crippen molar-refractivity contribution < 1.29 is 13.5 Å². The molecule has 0 saturated carbocycles. The van der Waals surface area contributed by atoms with Gasteiger partial charge >= 0.3 is 0 Å². The molecule has 0 saturated heterocycles. The molecule has 0 amide bonds. The summed E-state index contributed by atoms with van der Waals surface area (Å²) in [6.07, 6.45) is 1.68. The molecule has 23 heavy (non-hydrogen) atoms. The van der Waals surface area contributed by atoms with Crippen LogP contribution in [-0.2, 0) is 10.0 Å². The highest BCUT2D eigenvalue weighted by molar-refractivity contribution is 7.89. The van der Waals surface area contributed by atoms with E-state index in [4.69, 9.17) is 0 Å². The number of hydrogen-bond donors (Lipinski definition) is 1. The summed E-state index contributed by atoms with van der Waals surface area (Å²) in [6.45, 7) is 0.363. The largest absolute Gasteiger partial charge is 0.391 e. The van der Waals surface area contributed by atoms with Gasteiger partial charge in [0.2, 0.25) is 10.0 Å². The van der Waals surface area contributed by atoms with Gasteiger partial charge < -0.3 is 5.11 Å². The van der Waals surface area contributed by atoms with Crippen molar-refractivity contribution in [2.24, 2.45) is 0 Å². The highest BCUT2D eigenvalue weighted by Gasteiger charge is 2.29. The van der Waals surface area contributed by atoms with E-state index in [1.807, 2.05) is 36.4 Å². The molecule has 1 N–H and O–H groups in total. The maximum atomic E-state index is 12.9. The van der Waals surface area contributed by atoms with Gasteiger partial charge in [0.15, 0.2) is 0 Å². The molecule has 1 unspecified atom stereocenters. The van der Waals surface area contributed by atoms with Crippen LogP contribution in [-0.4, -0.2) is 37.0 Å². The molecule has 2 aromatic carbocycles. The number of hydrogen-bond acceptors (Lipinski definition) is 3. The fourth-order valence-corrected chi connectivity index (χ4v) is 4.17. The second-order valence-electron chi connectivity index (χ2n) is 5.60. The lowest BCUT2D eigenvalue weighted by atomic mass is 10.1. The molecule has 0 aromatic heterocycles. The lowest BCUT2D eigenvalue weighted by molar-refractivity contribution is 0.155. The first-order valence-electron chi connectivity index (χ1n) is 7.55. The molecule has 2 aromatic rings. The molecule has 5 heteroatoms. The van der Waals surface area contributed by atoms with E-state index in [9.17, 15) is 13.5 Å². The summed E-state index contributed by atoms with van der Waals surface area (Å²) in [5.41, 5.74) is 1.90. The van der Waals surface area contributed by atoms with Gasteiger partial charge in [-0.25, -0.2) is 8.42 Å². The maximum Gasteiger partial charge on any atom is 0.243 e. The third kappa shape index (κ3) is 3.52. The number of benzene rings is 2. The van der Waals surface area contributed by atoms with Gasteiger partial charge in [-0.2, -0.15) is 4.31 Å². The summed E-state index contributed by atoms with van der Waals surface area (Å²) < 4.78 is 27.1. The van der Waals surface area contributed by atoms with Gasteiger partial charge in [0.25, 0.3) is 0 Å². The van der Waals surface area contributed by atoms with Crippen molar-refractivity contribution in [2.45, 2.75) is 17.4 Å². The second-order valence-corrected chi connectivity index (χ2v) is 7.53. The Bertz CT molecular complexity index is 786. The molecule has 0 bridgehead atoms. The van der Waals surface area contributed by atoms with Crippen LogP contribution in [0.3, 0.4) is 0 Å². The monoisotopic (exact) mass is 329 g/mol. The Morgan fingerprint density at radius 1 is 0.957 bits per heavy atom. The molecule has 1 atom stereocenters. The first-order chi connectivity index (χ1) is 11.1. The van der Waals surface area contributed by atoms with Crippen molar-refractivity contribution in [1.29, 1.82) is 0 Å². The minimum Gasteiger partial charge on any atom is -0.391 e. The molecule has 0 radical (unpaired) electrons. The Balaban J connectivity index is 1.95. The van der Waals surface area contributed by atoms with E-state index in [0.29, 0.717) is 6.42 Å². The van der Waals surface area contributed by atoms with Gasteiger partial charge in [0.1, 0.15) is 0 Å². The minimum atomic E-state index is -3.63. The Morgan fingerprint density at radius 2 is 1.57 bits per heavy atom. The van der Waals surface area contributed by atoms with E-state index >= 15 is 0 Å². The van der Waals surface area contributed by atoms with Crippen LogP contribution in [0, 0.1) is 0 Å². The normalized spacial score (nSPS) is 19.9. The molecule has 4 nitrogen and oxygen atoms in total. The van der Waals surface area contributed by atoms with Gasteiger partial charge in [-0.15, -0.1) is 0 Å². The molecule has 3 rings (SSSR count). The lowest BCUT2D eigenvalue weighted by Crippen LogP contribution is -2.37. The lowest BCUT2D eigenvalue weighted by Gasteiger charge is -2.23. The zero-order valence-corrected chi connectivity index (χ0v) is 13.5. The molecule has 1 heterocycles. The van der Waals surface area contributed by atoms with Crippen LogP contribution in [0.1, 0.15) is 12.0 Å². The number of aliphatic hydroxyl groups excluding tert-OH is 1. The summed E-state index contributed by atoms with van der Waals surface area (Å²) in [4.78, 5) is 0.251. The zero-order chi connectivity index (χ0) is 16.3. The Morgan fingerprint density at radius 3 is 2.22 bits per heavy atom. The van der Waals surface area contributed by atoms with Crippen LogP contribution in [0.4, 0.5) is 0 Å². The number of nitrogens with zero attached hydrogens (tertiary/aromatic N) is 1. The van der Waals surface area contributed by atoms with E-state index < -0.39 is 16.1 Å². The highest BCUT2D eigenvalue weighted by atomic mass is 32.2. The smallest absolute Gasteiger partial charge is 0.243 e. The first kappa shape index (κ1) is 15.9. The third-order valence-corrected chi connectivity index (χ3v) is 5.75. The average Bonchev–Trinajstić information content (AvgIpc) is 2.79. The van der Waals surface area contributed by atoms with Crippen LogP contribution >= 0.6 is 0 Å². The van der Waals surface area contributed by atoms with Crippen molar-refractivity contribution in [3.05, 3.63) is 72.3 Å². The van der Waals surface area contributed by atoms with Crippen molar-refractivity contribution in [3.63, 3.8) is 0 Å². The van der Waals surface area contributed by atoms with Crippen LogP contribution in [0.15, 0.2) is 71.6 Å². The number of aliphatic hydroxyl groups is 1. The standard InChI is InChI=1S/C18H19NO3S/c20-17-12-11-16(15-7-3-1-4-8-15)13-19(14-17)23(21,22)18-9-5-2-6-10-18/h1-11,17,20H,12-14H2. The Kier molecular flexibility index (Phi) is 4.61. The zero-order valence-electron chi connectivity index (χ0n) is 12.7. The van der Waals surface area contributed by atoms with Gasteiger partial charge in [0.05, 0.1) is 11.0 Å². The Labute approximate surface area is 136 Å². The van der Waals surface area contributed by atoms with Crippen LogP contribution < -0.4 is 0 Å². The van der Waals surface area contributed by atoms with Gasteiger partial charge in [-0.05, 0) is 29.7 Å². The van der Waals surface area contributed by atoms with E-state index in [-0.39, 0.29) is 18.0 Å². The molecular formula is C18H19NO3S. The van der Waals surface area contributed by atoms with Crippen molar-refractivity contribution in [1.82, 2.24) is 4.31 Å². The summed E-state index contributed by atoms with van der Waals surface area (Å²) >= 11 is 0. The third-order valence-electron chi connectivity index (χ3n) is 3.92. The molecule has 1 aliphatic heterocycles. The van der Waals surface area contributed by atoms with Crippen molar-refractivity contribution >= 4 is 15.6 Å². The SMILES string of the molecule is O=S(=O)(c1ccccc1)N1CC(c2ccccc2)=CCC(O)C1. The maximum absolute atomic E-state index is 12.9. The van der Waals surface area contributed by atoms with E-state index in [1.165, 1.54) is 4.31 Å². The second kappa shape index (κ2) is 6.66. The van der Waals surface area contributed by atoms with E-state index in [0.717, 1.165) is 11.1 Å². The Hall–Kier alpha value is -1.95. The first-order valence-corrected chi connectivity index (χ1v) is 8.99. The molecule has 120 valence electrons. The summed E-state index contributed by atoms with van der Waals surface area (Å²) in [6, 6.07) is 18.0. The molecule has 1 aliphatic rings. The van der Waals surface area contributed by atoms with Gasteiger partial charge in [0, 0.05) is 13.1 Å². The topological polar surface area (TPSA) is 57.6 Å². The number of rotatable bonds is 3. The molecular weight excluding hydrogens is 310 g/mol. The summed E-state index contributed by atoms with van der Waals surface area (Å²) in [5, 5.41) is 10.1. The summed E-state index contributed by atoms with van der Waals surface area (Å²) in [5.74, 6) is 0. The fraction of sp³-hybridized carbons (Fsp3) is 0.222. The van der Waals surface area contributed by atoms with Crippen LogP contribution in [0.5, 0.6) is 0 Å². The fourth-order valence-electron chi connectivity index (χ4n) is 2.69. The van der Waals surface area contributed by atoms with E-state index in [2.05, 4.69) is 0 Å². The van der Waals surface area contributed by atoms with Crippen LogP contribution in [0.2, 0.25) is 0 Å². The average molecular weight is 329 g/mol. The molecule has 0 fully saturated rings. The predicted octanol–water partition coefficient (Wildman–Crippen LogP) is 2.53. The highest BCUT2D eigenvalue weighted by Crippen LogP contribution is 2.25. The minimum absolute atomic E-state index is 0.101. The molecule has 0 spiro atoms. The summed E-state index contributed by atoms with van der Waals surface area (Å²) in [7, 11) is -3.63. The van der Waals surface area contributed by atoms with Crippen molar-refractivity contribution in [2.75, 3.05) is 13.1 Å². The number of β-amino-alcohol motifs (C(OH)–C–C–N with tert-alkyl or cyclic N) is 1.